The number of carbonyl (C=O) groups excluding carboxylic acids is 1. The summed E-state index contributed by atoms with van der Waals surface area (Å²) in [5, 5.41) is 3.08. The van der Waals surface area contributed by atoms with Crippen molar-refractivity contribution in [3.63, 3.8) is 0 Å². The highest BCUT2D eigenvalue weighted by atomic mass is 16.1. The fourth-order valence-corrected chi connectivity index (χ4v) is 2.49. The van der Waals surface area contributed by atoms with Gasteiger partial charge in [-0.2, -0.15) is 0 Å². The Morgan fingerprint density at radius 3 is 3.12 bits per heavy atom. The van der Waals surface area contributed by atoms with Crippen LogP contribution in [0.4, 0.5) is 0 Å². The van der Waals surface area contributed by atoms with E-state index in [1.807, 2.05) is 19.4 Å². The molecule has 1 aliphatic rings. The van der Waals surface area contributed by atoms with Crippen molar-refractivity contribution in [1.29, 1.82) is 0 Å². The molecule has 3 N–H and O–H groups in total. The molecule has 1 amide bonds. The Bertz CT molecular complexity index is 361. The number of hydrogen-bond donors (Lipinski definition) is 2. The maximum absolute atomic E-state index is 11.7. The molecule has 2 rings (SSSR count). The topological polar surface area (TPSA) is 72.9 Å². The van der Waals surface area contributed by atoms with Gasteiger partial charge in [-0.3, -0.25) is 4.79 Å². The van der Waals surface area contributed by atoms with Crippen molar-refractivity contribution >= 4 is 5.91 Å². The van der Waals surface area contributed by atoms with E-state index < -0.39 is 0 Å². The van der Waals surface area contributed by atoms with Crippen LogP contribution >= 0.6 is 0 Å². The predicted octanol–water partition coefficient (Wildman–Crippen LogP) is 0.830. The molecule has 1 fully saturated rings. The van der Waals surface area contributed by atoms with Gasteiger partial charge >= 0.3 is 0 Å². The van der Waals surface area contributed by atoms with Crippen molar-refractivity contribution in [3.05, 3.63) is 18.7 Å². The lowest BCUT2D eigenvalue weighted by atomic mass is 10.1. The molecule has 0 saturated heterocycles. The Kier molecular flexibility index (Phi) is 3.78. The Morgan fingerprint density at radius 1 is 1.65 bits per heavy atom. The Morgan fingerprint density at radius 2 is 2.47 bits per heavy atom. The molecule has 0 radical (unpaired) electrons. The molecule has 1 saturated carbocycles. The molecule has 1 aromatic heterocycles. The van der Waals surface area contributed by atoms with Crippen molar-refractivity contribution in [3.8, 4) is 0 Å². The normalized spacial score (nSPS) is 25.8. The van der Waals surface area contributed by atoms with E-state index in [4.69, 9.17) is 5.73 Å². The summed E-state index contributed by atoms with van der Waals surface area (Å²) >= 11 is 0. The number of amides is 1. The van der Waals surface area contributed by atoms with Crippen LogP contribution in [0.5, 0.6) is 0 Å². The second-order valence-corrected chi connectivity index (χ2v) is 4.86. The van der Waals surface area contributed by atoms with Gasteiger partial charge < -0.3 is 15.6 Å². The van der Waals surface area contributed by atoms with Gasteiger partial charge in [0, 0.05) is 30.9 Å². The molecule has 1 heterocycles. The third kappa shape index (κ3) is 3.06. The largest absolute Gasteiger partial charge is 0.351 e. The van der Waals surface area contributed by atoms with Gasteiger partial charge in [-0.15, -0.1) is 0 Å². The number of nitrogens with zero attached hydrogens (tertiary/aromatic N) is 2. The van der Waals surface area contributed by atoms with E-state index in [1.54, 1.807) is 6.20 Å². The quantitative estimate of drug-likeness (QED) is 0.813. The van der Waals surface area contributed by atoms with E-state index in [0.717, 1.165) is 19.3 Å². The molecule has 0 bridgehead atoms. The molecular formula is C12H20N4O. The summed E-state index contributed by atoms with van der Waals surface area (Å²) in [6, 6.07) is 0.480. The number of aromatic nitrogens is 2. The van der Waals surface area contributed by atoms with Crippen LogP contribution in [-0.4, -0.2) is 27.5 Å². The summed E-state index contributed by atoms with van der Waals surface area (Å²) in [6.45, 7) is 1.85. The highest BCUT2D eigenvalue weighted by molar-refractivity contribution is 5.76. The van der Waals surface area contributed by atoms with Crippen LogP contribution in [0.2, 0.25) is 0 Å². The Labute approximate surface area is 101 Å². The van der Waals surface area contributed by atoms with Gasteiger partial charge in [0.2, 0.25) is 5.91 Å². The number of imidazole rings is 1. The van der Waals surface area contributed by atoms with Gasteiger partial charge in [0.15, 0.2) is 0 Å². The SMILES string of the molecule is CC(N)CC(=O)NC1CCCC1n1ccnc1. The van der Waals surface area contributed by atoms with Gasteiger partial charge in [0.25, 0.3) is 0 Å². The average Bonchev–Trinajstić information content (AvgIpc) is 2.84. The molecule has 1 aliphatic carbocycles. The molecule has 17 heavy (non-hydrogen) atoms. The second kappa shape index (κ2) is 5.31. The van der Waals surface area contributed by atoms with E-state index in [0.29, 0.717) is 12.5 Å². The van der Waals surface area contributed by atoms with Crippen LogP contribution in [0.15, 0.2) is 18.7 Å². The first-order chi connectivity index (χ1) is 8.16. The van der Waals surface area contributed by atoms with E-state index in [2.05, 4.69) is 14.9 Å². The monoisotopic (exact) mass is 236 g/mol. The fourth-order valence-electron chi connectivity index (χ4n) is 2.49. The minimum Gasteiger partial charge on any atom is -0.351 e. The molecular weight excluding hydrogens is 216 g/mol. The molecule has 94 valence electrons. The Balaban J connectivity index is 1.94. The van der Waals surface area contributed by atoms with E-state index in [9.17, 15) is 4.79 Å². The van der Waals surface area contributed by atoms with Crippen molar-refractivity contribution in [2.45, 2.75) is 50.7 Å². The first-order valence-corrected chi connectivity index (χ1v) is 6.19. The zero-order valence-electron chi connectivity index (χ0n) is 10.2. The van der Waals surface area contributed by atoms with E-state index >= 15 is 0 Å². The third-order valence-corrected chi connectivity index (χ3v) is 3.24. The van der Waals surface area contributed by atoms with Gasteiger partial charge in [0.1, 0.15) is 0 Å². The third-order valence-electron chi connectivity index (χ3n) is 3.24. The highest BCUT2D eigenvalue weighted by Gasteiger charge is 2.29. The highest BCUT2D eigenvalue weighted by Crippen LogP contribution is 2.29. The number of carbonyl (C=O) groups is 1. The molecule has 1 aromatic rings. The zero-order valence-corrected chi connectivity index (χ0v) is 10.2. The summed E-state index contributed by atoms with van der Waals surface area (Å²) in [4.78, 5) is 15.8. The van der Waals surface area contributed by atoms with Gasteiger partial charge in [-0.1, -0.05) is 0 Å². The van der Waals surface area contributed by atoms with Crippen molar-refractivity contribution in [2.24, 2.45) is 5.73 Å². The lowest BCUT2D eigenvalue weighted by molar-refractivity contribution is -0.122. The predicted molar refractivity (Wildman–Crippen MR) is 65.3 cm³/mol. The average molecular weight is 236 g/mol. The van der Waals surface area contributed by atoms with Crippen LogP contribution in [-0.2, 0) is 4.79 Å². The minimum absolute atomic E-state index is 0.0528. The maximum Gasteiger partial charge on any atom is 0.221 e. The number of hydrogen-bond acceptors (Lipinski definition) is 3. The number of nitrogens with one attached hydrogen (secondary N) is 1. The fraction of sp³-hybridized carbons (Fsp3) is 0.667. The maximum atomic E-state index is 11.7. The van der Waals surface area contributed by atoms with Crippen LogP contribution in [0, 0.1) is 0 Å². The van der Waals surface area contributed by atoms with Crippen molar-refractivity contribution < 1.29 is 4.79 Å². The molecule has 3 atom stereocenters. The Hall–Kier alpha value is -1.36. The summed E-state index contributed by atoms with van der Waals surface area (Å²) < 4.78 is 2.09. The van der Waals surface area contributed by atoms with Crippen LogP contribution in [0.3, 0.4) is 0 Å². The van der Waals surface area contributed by atoms with Crippen LogP contribution < -0.4 is 11.1 Å². The molecule has 5 heteroatoms. The van der Waals surface area contributed by atoms with Gasteiger partial charge in [-0.25, -0.2) is 4.98 Å². The van der Waals surface area contributed by atoms with Crippen LogP contribution in [0.1, 0.15) is 38.6 Å². The zero-order chi connectivity index (χ0) is 12.3. The first-order valence-electron chi connectivity index (χ1n) is 6.19. The molecule has 0 spiro atoms. The summed E-state index contributed by atoms with van der Waals surface area (Å²) in [7, 11) is 0. The smallest absolute Gasteiger partial charge is 0.221 e. The number of rotatable bonds is 4. The van der Waals surface area contributed by atoms with Crippen molar-refractivity contribution in [2.75, 3.05) is 0 Å². The van der Waals surface area contributed by atoms with E-state index in [-0.39, 0.29) is 18.0 Å². The van der Waals surface area contributed by atoms with Gasteiger partial charge in [0.05, 0.1) is 12.4 Å². The molecule has 5 nitrogen and oxygen atoms in total. The standard InChI is InChI=1S/C12H20N4O/c1-9(13)7-12(17)15-10-3-2-4-11(10)16-6-5-14-8-16/h5-6,8-11H,2-4,7,13H2,1H3,(H,15,17). The first kappa shape index (κ1) is 12.1. The summed E-state index contributed by atoms with van der Waals surface area (Å²) in [5.74, 6) is 0.0528. The number of nitrogens with two attached hydrogens (primary N) is 1. The minimum atomic E-state index is -0.0805. The lowest BCUT2D eigenvalue weighted by Gasteiger charge is -2.22. The summed E-state index contributed by atoms with van der Waals surface area (Å²) in [5.41, 5.74) is 5.62. The molecule has 3 unspecified atom stereocenters. The molecule has 0 aliphatic heterocycles. The van der Waals surface area contributed by atoms with Crippen molar-refractivity contribution in [1.82, 2.24) is 14.9 Å². The summed E-state index contributed by atoms with van der Waals surface area (Å²) in [6.07, 6.45) is 9.23. The van der Waals surface area contributed by atoms with Gasteiger partial charge in [-0.05, 0) is 26.2 Å². The molecule has 0 aromatic carbocycles. The second-order valence-electron chi connectivity index (χ2n) is 4.86. The van der Waals surface area contributed by atoms with Crippen LogP contribution in [0.25, 0.3) is 0 Å². The van der Waals surface area contributed by atoms with E-state index in [1.165, 1.54) is 0 Å². The lowest BCUT2D eigenvalue weighted by Crippen LogP contribution is -2.40.